The van der Waals surface area contributed by atoms with Gasteiger partial charge in [0.05, 0.1) is 5.92 Å². The van der Waals surface area contributed by atoms with Gasteiger partial charge >= 0.3 is 12.0 Å². The molecule has 96 valence electrons. The van der Waals surface area contributed by atoms with Gasteiger partial charge in [-0.25, -0.2) is 4.79 Å². The molecule has 2 amide bonds. The fourth-order valence-electron chi connectivity index (χ4n) is 2.10. The first-order valence-corrected chi connectivity index (χ1v) is 5.79. The normalized spacial score (nSPS) is 23.2. The van der Waals surface area contributed by atoms with Crippen LogP contribution in [0.4, 0.5) is 4.79 Å². The molecule has 0 aromatic heterocycles. The summed E-state index contributed by atoms with van der Waals surface area (Å²) >= 11 is 0. The van der Waals surface area contributed by atoms with Crippen molar-refractivity contribution in [3.63, 3.8) is 0 Å². The quantitative estimate of drug-likeness (QED) is 0.731. The van der Waals surface area contributed by atoms with E-state index in [2.05, 4.69) is 11.9 Å². The largest absolute Gasteiger partial charge is 0.481 e. The summed E-state index contributed by atoms with van der Waals surface area (Å²) in [7, 11) is 1.70. The third-order valence-corrected chi connectivity index (χ3v) is 2.96. The Labute approximate surface area is 101 Å². The molecule has 0 aliphatic heterocycles. The molecule has 1 rings (SSSR count). The first kappa shape index (κ1) is 13.5. The van der Waals surface area contributed by atoms with Crippen LogP contribution in [-0.4, -0.2) is 41.6 Å². The molecule has 1 aliphatic carbocycles. The summed E-state index contributed by atoms with van der Waals surface area (Å²) in [6, 6.07) is -0.180. The van der Waals surface area contributed by atoms with E-state index < -0.39 is 5.97 Å². The maximum absolute atomic E-state index is 11.7. The van der Waals surface area contributed by atoms with E-state index >= 15 is 0 Å². The zero-order chi connectivity index (χ0) is 13.0. The predicted octanol–water partition coefficient (Wildman–Crippen LogP) is 1.46. The number of aliphatic carboxylic acids is 1. The molecular weight excluding hydrogens is 220 g/mol. The molecule has 0 bridgehead atoms. The maximum atomic E-state index is 11.7. The van der Waals surface area contributed by atoms with Crippen molar-refractivity contribution in [3.05, 3.63) is 12.2 Å². The molecular formula is C12H20N2O3. The molecule has 1 saturated carbocycles. The number of carbonyl (C=O) groups is 2. The van der Waals surface area contributed by atoms with Crippen LogP contribution < -0.4 is 5.32 Å². The zero-order valence-corrected chi connectivity index (χ0v) is 10.4. The summed E-state index contributed by atoms with van der Waals surface area (Å²) in [5.41, 5.74) is 0.914. The van der Waals surface area contributed by atoms with Crippen LogP contribution in [0.25, 0.3) is 0 Å². The van der Waals surface area contributed by atoms with Crippen molar-refractivity contribution >= 4 is 12.0 Å². The molecule has 1 fully saturated rings. The lowest BCUT2D eigenvalue weighted by atomic mass is 10.1. The van der Waals surface area contributed by atoms with Crippen LogP contribution in [0.3, 0.4) is 0 Å². The average molecular weight is 240 g/mol. The van der Waals surface area contributed by atoms with Crippen LogP contribution in [-0.2, 0) is 4.79 Å². The number of urea groups is 1. The Morgan fingerprint density at radius 2 is 2.12 bits per heavy atom. The third kappa shape index (κ3) is 4.09. The Bertz CT molecular complexity index is 328. The fourth-order valence-corrected chi connectivity index (χ4v) is 2.10. The van der Waals surface area contributed by atoms with Crippen LogP contribution >= 0.6 is 0 Å². The van der Waals surface area contributed by atoms with Gasteiger partial charge in [-0.2, -0.15) is 0 Å². The second-order valence-electron chi connectivity index (χ2n) is 4.81. The highest BCUT2D eigenvalue weighted by molar-refractivity contribution is 5.75. The van der Waals surface area contributed by atoms with Gasteiger partial charge in [-0.15, -0.1) is 0 Å². The average Bonchev–Trinajstić information content (AvgIpc) is 2.65. The van der Waals surface area contributed by atoms with Gasteiger partial charge in [-0.1, -0.05) is 12.2 Å². The Morgan fingerprint density at radius 3 is 2.59 bits per heavy atom. The monoisotopic (exact) mass is 240 g/mol. The van der Waals surface area contributed by atoms with Crippen molar-refractivity contribution < 1.29 is 14.7 Å². The topological polar surface area (TPSA) is 69.6 Å². The number of likely N-dealkylation sites (N-methyl/N-ethyl adjacent to an activating group) is 1. The standard InChI is InChI=1S/C12H20N2O3/c1-8(2)7-14(3)12(17)13-10-5-4-9(6-10)11(15)16/h9-10H,1,4-7H2,2-3H3,(H,13,17)(H,15,16)/t9-,10+/m1/s1. The molecule has 0 saturated heterocycles. The number of nitrogens with zero attached hydrogens (tertiary/aromatic N) is 1. The van der Waals surface area contributed by atoms with E-state index in [0.29, 0.717) is 19.4 Å². The summed E-state index contributed by atoms with van der Waals surface area (Å²) in [4.78, 5) is 24.1. The van der Waals surface area contributed by atoms with Gasteiger partial charge in [0.25, 0.3) is 0 Å². The smallest absolute Gasteiger partial charge is 0.317 e. The van der Waals surface area contributed by atoms with Crippen LogP contribution in [0.5, 0.6) is 0 Å². The van der Waals surface area contributed by atoms with Crippen LogP contribution in [0, 0.1) is 5.92 Å². The lowest BCUT2D eigenvalue weighted by Gasteiger charge is -2.21. The van der Waals surface area contributed by atoms with E-state index in [4.69, 9.17) is 5.11 Å². The Hall–Kier alpha value is -1.52. The van der Waals surface area contributed by atoms with Crippen LogP contribution in [0.1, 0.15) is 26.2 Å². The lowest BCUT2D eigenvalue weighted by molar-refractivity contribution is -0.141. The summed E-state index contributed by atoms with van der Waals surface area (Å²) in [6.45, 7) is 6.12. The van der Waals surface area contributed by atoms with Crippen molar-refractivity contribution in [1.29, 1.82) is 0 Å². The number of amides is 2. The number of carboxylic acid groups (broad SMARTS) is 1. The molecule has 0 radical (unpaired) electrons. The van der Waals surface area contributed by atoms with Gasteiger partial charge in [-0.05, 0) is 26.2 Å². The SMILES string of the molecule is C=C(C)CN(C)C(=O)N[C@H]1CC[C@@H](C(=O)O)C1. The van der Waals surface area contributed by atoms with Gasteiger partial charge in [0.15, 0.2) is 0 Å². The predicted molar refractivity (Wildman–Crippen MR) is 64.7 cm³/mol. The molecule has 2 N–H and O–H groups in total. The molecule has 0 spiro atoms. The highest BCUT2D eigenvalue weighted by Gasteiger charge is 2.30. The van der Waals surface area contributed by atoms with E-state index in [1.54, 1.807) is 11.9 Å². The molecule has 0 aromatic carbocycles. The number of rotatable bonds is 4. The molecule has 0 heterocycles. The van der Waals surface area contributed by atoms with E-state index in [9.17, 15) is 9.59 Å². The van der Waals surface area contributed by atoms with Crippen LogP contribution in [0.2, 0.25) is 0 Å². The minimum atomic E-state index is -0.767. The number of hydrogen-bond donors (Lipinski definition) is 2. The lowest BCUT2D eigenvalue weighted by Crippen LogP contribution is -2.42. The summed E-state index contributed by atoms with van der Waals surface area (Å²) in [5.74, 6) is -1.08. The van der Waals surface area contributed by atoms with Gasteiger partial charge in [0, 0.05) is 19.6 Å². The number of carboxylic acids is 1. The number of nitrogens with one attached hydrogen (secondary N) is 1. The summed E-state index contributed by atoms with van der Waals surface area (Å²) in [6.07, 6.45) is 1.91. The molecule has 5 heteroatoms. The number of carbonyl (C=O) groups excluding carboxylic acids is 1. The highest BCUT2D eigenvalue weighted by Crippen LogP contribution is 2.25. The first-order chi connectivity index (χ1) is 7.90. The highest BCUT2D eigenvalue weighted by atomic mass is 16.4. The van der Waals surface area contributed by atoms with Crippen LogP contribution in [0.15, 0.2) is 12.2 Å². The number of hydrogen-bond acceptors (Lipinski definition) is 2. The van der Waals surface area contributed by atoms with Crippen molar-refractivity contribution in [2.45, 2.75) is 32.2 Å². The Balaban J connectivity index is 2.37. The second kappa shape index (κ2) is 5.70. The summed E-state index contributed by atoms with van der Waals surface area (Å²) < 4.78 is 0. The molecule has 0 aromatic rings. The van der Waals surface area contributed by atoms with Crippen molar-refractivity contribution in [1.82, 2.24) is 10.2 Å². The van der Waals surface area contributed by atoms with Gasteiger partial charge < -0.3 is 15.3 Å². The molecule has 5 nitrogen and oxygen atoms in total. The van der Waals surface area contributed by atoms with Crippen molar-refractivity contribution in [3.8, 4) is 0 Å². The fraction of sp³-hybridized carbons (Fsp3) is 0.667. The first-order valence-electron chi connectivity index (χ1n) is 5.79. The minimum absolute atomic E-state index is 0.0174. The maximum Gasteiger partial charge on any atom is 0.317 e. The third-order valence-electron chi connectivity index (χ3n) is 2.96. The van der Waals surface area contributed by atoms with E-state index in [-0.39, 0.29) is 18.0 Å². The molecule has 1 aliphatic rings. The zero-order valence-electron chi connectivity index (χ0n) is 10.4. The van der Waals surface area contributed by atoms with Gasteiger partial charge in [0.1, 0.15) is 0 Å². The Kier molecular flexibility index (Phi) is 4.54. The van der Waals surface area contributed by atoms with E-state index in [1.807, 2.05) is 6.92 Å². The van der Waals surface area contributed by atoms with Gasteiger partial charge in [0.2, 0.25) is 0 Å². The Morgan fingerprint density at radius 1 is 1.47 bits per heavy atom. The van der Waals surface area contributed by atoms with Crippen molar-refractivity contribution in [2.75, 3.05) is 13.6 Å². The molecule has 2 atom stereocenters. The van der Waals surface area contributed by atoms with Crippen molar-refractivity contribution in [2.24, 2.45) is 5.92 Å². The second-order valence-corrected chi connectivity index (χ2v) is 4.81. The molecule has 17 heavy (non-hydrogen) atoms. The minimum Gasteiger partial charge on any atom is -0.481 e. The van der Waals surface area contributed by atoms with E-state index in [0.717, 1.165) is 12.0 Å². The van der Waals surface area contributed by atoms with E-state index in [1.165, 1.54) is 0 Å². The summed E-state index contributed by atoms with van der Waals surface area (Å²) in [5, 5.41) is 11.7. The molecule has 0 unspecified atom stereocenters. The van der Waals surface area contributed by atoms with Gasteiger partial charge in [-0.3, -0.25) is 4.79 Å².